The fraction of sp³-hybridized carbons (Fsp3) is 0.286. The molecule has 3 aromatic heterocycles. The molecule has 8 nitrogen and oxygen atoms in total. The summed E-state index contributed by atoms with van der Waals surface area (Å²) in [4.78, 5) is 26.1. The molecule has 1 unspecified atom stereocenters. The summed E-state index contributed by atoms with van der Waals surface area (Å²) in [6, 6.07) is 6.42. The molecule has 0 aliphatic carbocycles. The first-order valence-corrected chi connectivity index (χ1v) is 11.9. The molecule has 4 aromatic rings. The predicted molar refractivity (Wildman–Crippen MR) is 121 cm³/mol. The fourth-order valence-electron chi connectivity index (χ4n) is 3.88. The van der Waals surface area contributed by atoms with Gasteiger partial charge in [0.1, 0.15) is 16.8 Å². The van der Waals surface area contributed by atoms with Gasteiger partial charge >= 0.3 is 0 Å². The van der Waals surface area contributed by atoms with Gasteiger partial charge in [0.05, 0.1) is 44.1 Å². The Bertz CT molecular complexity index is 1380. The molecular weight excluding hydrogens is 468 g/mol. The van der Waals surface area contributed by atoms with Crippen LogP contribution in [0.5, 0.6) is 5.75 Å². The quantitative estimate of drug-likeness (QED) is 0.435. The van der Waals surface area contributed by atoms with Crippen molar-refractivity contribution < 1.29 is 9.53 Å². The molecule has 0 fully saturated rings. The Morgan fingerprint density at radius 2 is 2.25 bits per heavy atom. The number of rotatable bonds is 4. The van der Waals surface area contributed by atoms with Gasteiger partial charge in [-0.2, -0.15) is 10.4 Å². The summed E-state index contributed by atoms with van der Waals surface area (Å²) in [5.41, 5.74) is 4.97. The van der Waals surface area contributed by atoms with E-state index < -0.39 is 0 Å². The highest BCUT2D eigenvalue weighted by atomic mass is 35.5. The van der Waals surface area contributed by atoms with E-state index in [1.54, 1.807) is 17.6 Å². The van der Waals surface area contributed by atoms with Crippen LogP contribution in [0.15, 0.2) is 23.7 Å². The number of imidazole rings is 1. The number of carbonyl (C=O) groups excluding carboxylic acids is 1. The van der Waals surface area contributed by atoms with Crippen LogP contribution in [0.4, 0.5) is 0 Å². The smallest absolute Gasteiger partial charge is 0.261 e. The van der Waals surface area contributed by atoms with Crippen LogP contribution in [0.2, 0.25) is 5.02 Å². The monoisotopic (exact) mass is 484 g/mol. The molecule has 0 radical (unpaired) electrons. The zero-order valence-electron chi connectivity index (χ0n) is 17.2. The molecule has 1 atom stereocenters. The minimum absolute atomic E-state index is 0.171. The third-order valence-electron chi connectivity index (χ3n) is 5.34. The van der Waals surface area contributed by atoms with Crippen molar-refractivity contribution in [1.82, 2.24) is 24.5 Å². The number of aromatic nitrogens is 4. The summed E-state index contributed by atoms with van der Waals surface area (Å²) in [5, 5.41) is 14.8. The third kappa shape index (κ3) is 3.52. The van der Waals surface area contributed by atoms with Crippen molar-refractivity contribution in [2.75, 3.05) is 13.2 Å². The van der Waals surface area contributed by atoms with Crippen LogP contribution in [-0.4, -0.2) is 43.5 Å². The zero-order chi connectivity index (χ0) is 22.4. The van der Waals surface area contributed by atoms with Crippen molar-refractivity contribution >= 4 is 45.1 Å². The number of ether oxygens (including phenoxy) is 1. The van der Waals surface area contributed by atoms with Crippen molar-refractivity contribution in [2.24, 2.45) is 0 Å². The molecule has 1 aliphatic heterocycles. The number of aryl methyl sites for hydroxylation is 2. The van der Waals surface area contributed by atoms with Gasteiger partial charge in [-0.25, -0.2) is 14.5 Å². The summed E-state index contributed by atoms with van der Waals surface area (Å²) in [6.45, 7) is 4.23. The zero-order valence-corrected chi connectivity index (χ0v) is 19.6. The Hall–Kier alpha value is -3.00. The minimum atomic E-state index is -0.338. The molecule has 0 saturated carbocycles. The standard InChI is InChI=1S/C21H17ClN6O2S2/c1-11-20(31-10-24-11)19-18-15(25-21-28(18)26-12(2)32-21)5-6-27(19)17(29)9-30-16-4-3-13(8-23)7-14(16)22/h3-4,7,10,19H,5-6,9H2,1-2H3. The van der Waals surface area contributed by atoms with Gasteiger partial charge in [0.15, 0.2) is 6.61 Å². The molecule has 0 saturated heterocycles. The lowest BCUT2D eigenvalue weighted by Gasteiger charge is -2.34. The van der Waals surface area contributed by atoms with E-state index >= 15 is 0 Å². The summed E-state index contributed by atoms with van der Waals surface area (Å²) in [5.74, 6) is 0.194. The Labute approximate surface area is 196 Å². The number of amides is 1. The summed E-state index contributed by atoms with van der Waals surface area (Å²) in [7, 11) is 0. The average Bonchev–Trinajstić information content (AvgIpc) is 3.45. The molecule has 162 valence electrons. The number of nitrogens with zero attached hydrogens (tertiary/aromatic N) is 6. The van der Waals surface area contributed by atoms with Crippen LogP contribution in [0.3, 0.4) is 0 Å². The molecule has 4 heterocycles. The molecule has 0 N–H and O–H groups in total. The SMILES string of the molecule is Cc1nn2c3c(nc2s1)CCN(C(=O)COc1ccc(C#N)cc1Cl)C3c1scnc1C. The average molecular weight is 485 g/mol. The lowest BCUT2D eigenvalue weighted by molar-refractivity contribution is -0.135. The first-order valence-electron chi connectivity index (χ1n) is 9.83. The Morgan fingerprint density at radius 1 is 1.41 bits per heavy atom. The highest BCUT2D eigenvalue weighted by molar-refractivity contribution is 7.16. The normalized spacial score (nSPS) is 15.6. The van der Waals surface area contributed by atoms with Crippen molar-refractivity contribution in [3.05, 3.63) is 61.3 Å². The molecule has 1 aromatic carbocycles. The topological polar surface area (TPSA) is 96.4 Å². The number of thiazole rings is 1. The number of halogens is 1. The van der Waals surface area contributed by atoms with Gasteiger partial charge in [-0.05, 0) is 32.0 Å². The maximum absolute atomic E-state index is 13.3. The van der Waals surface area contributed by atoms with E-state index in [1.807, 2.05) is 29.3 Å². The molecular formula is C21H17ClN6O2S2. The van der Waals surface area contributed by atoms with E-state index in [4.69, 9.17) is 26.6 Å². The molecule has 0 bridgehead atoms. The van der Waals surface area contributed by atoms with Crippen LogP contribution >= 0.6 is 34.3 Å². The molecule has 1 aliphatic rings. The molecule has 1 amide bonds. The number of nitriles is 1. The maximum atomic E-state index is 13.3. The van der Waals surface area contributed by atoms with Crippen molar-refractivity contribution in [1.29, 1.82) is 5.26 Å². The van der Waals surface area contributed by atoms with E-state index in [2.05, 4.69) is 10.1 Å². The van der Waals surface area contributed by atoms with Crippen LogP contribution in [0, 0.1) is 25.2 Å². The number of carbonyl (C=O) groups is 1. The predicted octanol–water partition coefficient (Wildman–Crippen LogP) is 3.94. The largest absolute Gasteiger partial charge is 0.482 e. The first-order chi connectivity index (χ1) is 15.5. The molecule has 11 heteroatoms. The van der Waals surface area contributed by atoms with Gasteiger partial charge in [0, 0.05) is 13.0 Å². The van der Waals surface area contributed by atoms with Crippen LogP contribution in [-0.2, 0) is 11.2 Å². The van der Waals surface area contributed by atoms with Gasteiger partial charge in [0.25, 0.3) is 5.91 Å². The highest BCUT2D eigenvalue weighted by Gasteiger charge is 2.38. The van der Waals surface area contributed by atoms with Gasteiger partial charge in [-0.1, -0.05) is 22.9 Å². The summed E-state index contributed by atoms with van der Waals surface area (Å²) >= 11 is 9.25. The minimum Gasteiger partial charge on any atom is -0.482 e. The fourth-order valence-corrected chi connectivity index (χ4v) is 5.80. The lowest BCUT2D eigenvalue weighted by Crippen LogP contribution is -2.43. The maximum Gasteiger partial charge on any atom is 0.261 e. The lowest BCUT2D eigenvalue weighted by atomic mass is 10.00. The van der Waals surface area contributed by atoms with Crippen LogP contribution in [0.1, 0.15) is 38.6 Å². The Balaban J connectivity index is 1.48. The highest BCUT2D eigenvalue weighted by Crippen LogP contribution is 2.39. The van der Waals surface area contributed by atoms with Crippen molar-refractivity contribution in [3.8, 4) is 11.8 Å². The summed E-state index contributed by atoms with van der Waals surface area (Å²) < 4.78 is 7.59. The van der Waals surface area contributed by atoms with Crippen molar-refractivity contribution in [3.63, 3.8) is 0 Å². The molecule has 5 rings (SSSR count). The number of hydrogen-bond donors (Lipinski definition) is 0. The van der Waals surface area contributed by atoms with Gasteiger partial charge < -0.3 is 9.64 Å². The number of fused-ring (bicyclic) bond motifs is 3. The van der Waals surface area contributed by atoms with E-state index in [0.717, 1.165) is 31.9 Å². The molecule has 32 heavy (non-hydrogen) atoms. The second-order valence-corrected chi connectivity index (χ2v) is 9.80. The third-order valence-corrected chi connectivity index (χ3v) is 7.44. The van der Waals surface area contributed by atoms with Crippen LogP contribution < -0.4 is 4.74 Å². The Morgan fingerprint density at radius 3 is 2.97 bits per heavy atom. The Kier molecular flexibility index (Phi) is 5.33. The van der Waals surface area contributed by atoms with Gasteiger partial charge in [0.2, 0.25) is 4.96 Å². The number of benzene rings is 1. The van der Waals surface area contributed by atoms with E-state index in [1.165, 1.54) is 28.7 Å². The van der Waals surface area contributed by atoms with E-state index in [0.29, 0.717) is 29.3 Å². The summed E-state index contributed by atoms with van der Waals surface area (Å²) in [6.07, 6.45) is 0.641. The van der Waals surface area contributed by atoms with E-state index in [9.17, 15) is 4.79 Å². The van der Waals surface area contributed by atoms with Crippen LogP contribution in [0.25, 0.3) is 4.96 Å². The first kappa shape index (κ1) is 20.9. The number of hydrogen-bond acceptors (Lipinski definition) is 8. The second-order valence-electron chi connectivity index (χ2n) is 7.35. The van der Waals surface area contributed by atoms with Gasteiger partial charge in [-0.15, -0.1) is 11.3 Å². The molecule has 0 spiro atoms. The van der Waals surface area contributed by atoms with Crippen molar-refractivity contribution in [2.45, 2.75) is 26.3 Å². The second kappa shape index (κ2) is 8.16. The van der Waals surface area contributed by atoms with E-state index in [-0.39, 0.29) is 18.6 Å². The van der Waals surface area contributed by atoms with Gasteiger partial charge in [-0.3, -0.25) is 4.79 Å².